The minimum Gasteiger partial charge on any atom is -0.497 e. The highest BCUT2D eigenvalue weighted by Gasteiger charge is 2.35. The molecule has 3 amide bonds. The molecule has 1 heterocycles. The second-order valence-corrected chi connectivity index (χ2v) is 6.34. The summed E-state index contributed by atoms with van der Waals surface area (Å²) in [5, 5.41) is 7.43. The van der Waals surface area contributed by atoms with Gasteiger partial charge >= 0.3 is 12.2 Å². The lowest BCUT2D eigenvalue weighted by Gasteiger charge is -2.29. The average molecular weight is 405 g/mol. The van der Waals surface area contributed by atoms with E-state index in [9.17, 15) is 22.8 Å². The minimum absolute atomic E-state index is 0.0924. The molecule has 0 aromatic heterocycles. The maximum Gasteiger partial charge on any atom is 0.418 e. The second kappa shape index (κ2) is 7.86. The molecule has 1 aliphatic rings. The van der Waals surface area contributed by atoms with E-state index >= 15 is 0 Å². The number of carbonyl (C=O) groups excluding carboxylic acids is 2. The third-order valence-electron chi connectivity index (χ3n) is 4.42. The Bertz CT molecular complexity index is 986. The van der Waals surface area contributed by atoms with Crippen LogP contribution >= 0.6 is 0 Å². The molecule has 0 saturated heterocycles. The van der Waals surface area contributed by atoms with Gasteiger partial charge in [0.15, 0.2) is 0 Å². The predicted molar refractivity (Wildman–Crippen MR) is 100 cm³/mol. The van der Waals surface area contributed by atoms with Crippen molar-refractivity contribution in [2.75, 3.05) is 12.4 Å². The van der Waals surface area contributed by atoms with Crippen molar-refractivity contribution < 1.29 is 27.5 Å². The lowest BCUT2D eigenvalue weighted by molar-refractivity contribution is -0.137. The molecule has 0 saturated carbocycles. The van der Waals surface area contributed by atoms with Crippen LogP contribution < -0.4 is 20.7 Å². The van der Waals surface area contributed by atoms with Crippen LogP contribution in [0.25, 0.3) is 0 Å². The van der Waals surface area contributed by atoms with Crippen LogP contribution in [-0.4, -0.2) is 19.0 Å². The Morgan fingerprint density at radius 3 is 2.55 bits per heavy atom. The molecule has 1 aliphatic heterocycles. The molecular weight excluding hydrogens is 387 g/mol. The van der Waals surface area contributed by atoms with Crippen molar-refractivity contribution in [2.24, 2.45) is 0 Å². The lowest BCUT2D eigenvalue weighted by atomic mass is 9.94. The zero-order chi connectivity index (χ0) is 21.2. The topological polar surface area (TPSA) is 79.5 Å². The van der Waals surface area contributed by atoms with Gasteiger partial charge in [-0.2, -0.15) is 13.2 Å². The van der Waals surface area contributed by atoms with E-state index in [2.05, 4.69) is 16.0 Å². The van der Waals surface area contributed by atoms with Gasteiger partial charge in [-0.15, -0.1) is 0 Å². The molecule has 0 bridgehead atoms. The molecule has 29 heavy (non-hydrogen) atoms. The summed E-state index contributed by atoms with van der Waals surface area (Å²) in [7, 11) is 1.48. The molecule has 3 N–H and O–H groups in total. The van der Waals surface area contributed by atoms with Crippen LogP contribution in [0, 0.1) is 0 Å². The molecule has 152 valence electrons. The van der Waals surface area contributed by atoms with Crippen LogP contribution in [0.15, 0.2) is 59.8 Å². The first-order chi connectivity index (χ1) is 13.7. The molecule has 0 unspecified atom stereocenters. The standard InChI is InChI=1S/C20H18F3N3O3/c1-11-16(18(27)25-15-9-4-3-8-14(15)20(21,22)23)17(26-19(28)24-11)12-6-5-7-13(10-12)29-2/h3-10,17H,1-2H3,(H,25,27)(H2,24,26,28)/t17-/m0/s1. The SMILES string of the molecule is COc1cccc([C@@H]2NC(=O)NC(C)=C2C(=O)Nc2ccccc2C(F)(F)F)c1. The largest absolute Gasteiger partial charge is 0.497 e. The third-order valence-corrected chi connectivity index (χ3v) is 4.42. The molecule has 9 heteroatoms. The van der Waals surface area contributed by atoms with Crippen molar-refractivity contribution in [2.45, 2.75) is 19.1 Å². The summed E-state index contributed by atoms with van der Waals surface area (Å²) in [4.78, 5) is 24.9. The van der Waals surface area contributed by atoms with E-state index in [1.807, 2.05) is 0 Å². The smallest absolute Gasteiger partial charge is 0.418 e. The van der Waals surface area contributed by atoms with Crippen LogP contribution in [0.2, 0.25) is 0 Å². The van der Waals surface area contributed by atoms with Crippen molar-refractivity contribution in [3.63, 3.8) is 0 Å². The fourth-order valence-electron chi connectivity index (χ4n) is 3.09. The number of urea groups is 1. The number of carbonyl (C=O) groups is 2. The number of amides is 3. The first kappa shape index (κ1) is 20.2. The van der Waals surface area contributed by atoms with E-state index in [0.29, 0.717) is 11.3 Å². The summed E-state index contributed by atoms with van der Waals surface area (Å²) in [6, 6.07) is 10.0. The van der Waals surface area contributed by atoms with Gasteiger partial charge in [0, 0.05) is 5.70 Å². The van der Waals surface area contributed by atoms with Crippen LogP contribution in [0.5, 0.6) is 5.75 Å². The van der Waals surface area contributed by atoms with Gasteiger partial charge in [-0.05, 0) is 36.8 Å². The number of hydrogen-bond donors (Lipinski definition) is 3. The lowest BCUT2D eigenvalue weighted by Crippen LogP contribution is -2.46. The predicted octanol–water partition coefficient (Wildman–Crippen LogP) is 3.98. The number of anilines is 1. The normalized spacial score (nSPS) is 16.7. The maximum atomic E-state index is 13.2. The number of halogens is 3. The molecule has 0 fully saturated rings. The van der Waals surface area contributed by atoms with Gasteiger partial charge in [-0.25, -0.2) is 4.79 Å². The zero-order valence-electron chi connectivity index (χ0n) is 15.6. The fourth-order valence-corrected chi connectivity index (χ4v) is 3.09. The van der Waals surface area contributed by atoms with Gasteiger partial charge in [-0.1, -0.05) is 24.3 Å². The number of hydrogen-bond acceptors (Lipinski definition) is 3. The van der Waals surface area contributed by atoms with Gasteiger partial charge in [0.2, 0.25) is 0 Å². The third kappa shape index (κ3) is 4.34. The fraction of sp³-hybridized carbons (Fsp3) is 0.200. The van der Waals surface area contributed by atoms with Crippen LogP contribution in [0.1, 0.15) is 24.1 Å². The van der Waals surface area contributed by atoms with Gasteiger partial charge in [0.25, 0.3) is 5.91 Å². The van der Waals surface area contributed by atoms with E-state index in [1.165, 1.54) is 32.2 Å². The van der Waals surface area contributed by atoms with E-state index in [-0.39, 0.29) is 17.0 Å². The quantitative estimate of drug-likeness (QED) is 0.720. The molecule has 1 atom stereocenters. The van der Waals surface area contributed by atoms with Crippen molar-refractivity contribution in [1.29, 1.82) is 0 Å². The minimum atomic E-state index is -4.63. The molecule has 0 radical (unpaired) electrons. The van der Waals surface area contributed by atoms with Crippen LogP contribution in [0.3, 0.4) is 0 Å². The highest BCUT2D eigenvalue weighted by Crippen LogP contribution is 2.36. The monoisotopic (exact) mass is 405 g/mol. The highest BCUT2D eigenvalue weighted by molar-refractivity contribution is 6.07. The van der Waals surface area contributed by atoms with Gasteiger partial charge in [0.05, 0.1) is 30.0 Å². The van der Waals surface area contributed by atoms with Crippen molar-refractivity contribution in [3.8, 4) is 5.75 Å². The molecule has 2 aromatic rings. The van der Waals surface area contributed by atoms with E-state index in [1.54, 1.807) is 24.3 Å². The Morgan fingerprint density at radius 1 is 1.14 bits per heavy atom. The zero-order valence-corrected chi connectivity index (χ0v) is 15.6. The number of ether oxygens (including phenoxy) is 1. The van der Waals surface area contributed by atoms with Gasteiger partial charge < -0.3 is 20.7 Å². The van der Waals surface area contributed by atoms with E-state index in [0.717, 1.165) is 6.07 Å². The first-order valence-corrected chi connectivity index (χ1v) is 8.60. The Morgan fingerprint density at radius 2 is 1.86 bits per heavy atom. The summed E-state index contributed by atoms with van der Waals surface area (Å²) in [6.45, 7) is 1.51. The molecule has 6 nitrogen and oxygen atoms in total. The average Bonchev–Trinajstić information content (AvgIpc) is 2.67. The maximum absolute atomic E-state index is 13.2. The van der Waals surface area contributed by atoms with E-state index in [4.69, 9.17) is 4.74 Å². The molecule has 2 aromatic carbocycles. The summed E-state index contributed by atoms with van der Waals surface area (Å²) < 4.78 is 44.9. The summed E-state index contributed by atoms with van der Waals surface area (Å²) in [5.74, 6) is -0.255. The van der Waals surface area contributed by atoms with Crippen molar-refractivity contribution in [3.05, 3.63) is 70.9 Å². The van der Waals surface area contributed by atoms with E-state index < -0.39 is 29.7 Å². The summed E-state index contributed by atoms with van der Waals surface area (Å²) in [5.41, 5.74) is -0.449. The molecule has 0 aliphatic carbocycles. The molecule has 3 rings (SSSR count). The number of alkyl halides is 3. The Balaban J connectivity index is 1.99. The summed E-state index contributed by atoms with van der Waals surface area (Å²) >= 11 is 0. The van der Waals surface area contributed by atoms with Gasteiger partial charge in [-0.3, -0.25) is 4.79 Å². The van der Waals surface area contributed by atoms with Crippen molar-refractivity contribution in [1.82, 2.24) is 10.6 Å². The summed E-state index contributed by atoms with van der Waals surface area (Å²) in [6.07, 6.45) is -4.63. The number of para-hydroxylation sites is 1. The molecule has 0 spiro atoms. The number of allylic oxidation sites excluding steroid dienone is 1. The second-order valence-electron chi connectivity index (χ2n) is 6.34. The van der Waals surface area contributed by atoms with Crippen LogP contribution in [-0.2, 0) is 11.0 Å². The molecular formula is C20H18F3N3O3. The highest BCUT2D eigenvalue weighted by atomic mass is 19.4. The first-order valence-electron chi connectivity index (χ1n) is 8.60. The number of benzene rings is 2. The van der Waals surface area contributed by atoms with Crippen LogP contribution in [0.4, 0.5) is 23.7 Å². The van der Waals surface area contributed by atoms with Gasteiger partial charge in [0.1, 0.15) is 5.75 Å². The number of methoxy groups -OCH3 is 1. The number of nitrogens with one attached hydrogen (secondary N) is 3. The Kier molecular flexibility index (Phi) is 5.49. The Hall–Kier alpha value is -3.49. The Labute approximate surface area is 164 Å². The van der Waals surface area contributed by atoms with Crippen molar-refractivity contribution >= 4 is 17.6 Å². The number of rotatable bonds is 4.